The highest BCUT2D eigenvalue weighted by molar-refractivity contribution is 5.79. The third-order valence-corrected chi connectivity index (χ3v) is 4.11. The number of piperidine rings is 1. The van der Waals surface area contributed by atoms with Crippen molar-refractivity contribution in [1.82, 2.24) is 4.90 Å². The molecular formula is C12H19NO. The maximum absolute atomic E-state index is 11.1. The van der Waals surface area contributed by atoms with Gasteiger partial charge >= 0.3 is 0 Å². The number of Topliss-reactive ketones (excluding diaryl/α,β-unsaturated/α-hetero) is 1. The van der Waals surface area contributed by atoms with Crippen molar-refractivity contribution >= 4 is 5.78 Å². The van der Waals surface area contributed by atoms with E-state index in [0.717, 1.165) is 43.7 Å². The molecule has 0 radical (unpaired) electrons. The van der Waals surface area contributed by atoms with Crippen molar-refractivity contribution in [1.29, 1.82) is 0 Å². The topological polar surface area (TPSA) is 20.3 Å². The van der Waals surface area contributed by atoms with Gasteiger partial charge in [0.1, 0.15) is 5.78 Å². The zero-order valence-electron chi connectivity index (χ0n) is 8.74. The first-order valence-corrected chi connectivity index (χ1v) is 6.07. The zero-order valence-corrected chi connectivity index (χ0v) is 8.74. The molecule has 14 heavy (non-hydrogen) atoms. The third kappa shape index (κ3) is 1.85. The molecule has 1 saturated heterocycles. The minimum atomic E-state index is 0.468. The van der Waals surface area contributed by atoms with Crippen LogP contribution >= 0.6 is 0 Å². The molecule has 3 rings (SSSR count). The fourth-order valence-electron chi connectivity index (χ4n) is 2.90. The molecule has 0 bridgehead atoms. The van der Waals surface area contributed by atoms with E-state index in [9.17, 15) is 4.79 Å². The lowest BCUT2D eigenvalue weighted by atomic mass is 10.1. The molecule has 2 atom stereocenters. The SMILES string of the molecule is O=C1CCN(CC2CC2C2CC2)CC1. The predicted molar refractivity (Wildman–Crippen MR) is 55.0 cm³/mol. The molecule has 1 heterocycles. The zero-order chi connectivity index (χ0) is 9.54. The second-order valence-corrected chi connectivity index (χ2v) is 5.34. The van der Waals surface area contributed by atoms with Gasteiger partial charge in [0, 0.05) is 32.5 Å². The second kappa shape index (κ2) is 3.34. The quantitative estimate of drug-likeness (QED) is 0.680. The normalized spacial score (nSPS) is 38.7. The van der Waals surface area contributed by atoms with Crippen LogP contribution in [-0.4, -0.2) is 30.3 Å². The van der Waals surface area contributed by atoms with Crippen molar-refractivity contribution in [3.63, 3.8) is 0 Å². The molecule has 2 unspecified atom stereocenters. The summed E-state index contributed by atoms with van der Waals surface area (Å²) in [7, 11) is 0. The van der Waals surface area contributed by atoms with Gasteiger partial charge in [-0.15, -0.1) is 0 Å². The summed E-state index contributed by atoms with van der Waals surface area (Å²) < 4.78 is 0. The highest BCUT2D eigenvalue weighted by Gasteiger charge is 2.47. The minimum Gasteiger partial charge on any atom is -0.302 e. The lowest BCUT2D eigenvalue weighted by Crippen LogP contribution is -2.35. The van der Waals surface area contributed by atoms with Crippen LogP contribution in [0.1, 0.15) is 32.1 Å². The lowest BCUT2D eigenvalue weighted by molar-refractivity contribution is -0.121. The van der Waals surface area contributed by atoms with E-state index >= 15 is 0 Å². The Balaban J connectivity index is 1.42. The van der Waals surface area contributed by atoms with E-state index in [0.29, 0.717) is 5.78 Å². The highest BCUT2D eigenvalue weighted by Crippen LogP contribution is 2.54. The summed E-state index contributed by atoms with van der Waals surface area (Å²) in [5, 5.41) is 0. The Kier molecular flexibility index (Phi) is 2.12. The molecule has 2 saturated carbocycles. The molecule has 0 aromatic rings. The number of carbonyl (C=O) groups excluding carboxylic acids is 1. The molecule has 0 aromatic heterocycles. The summed E-state index contributed by atoms with van der Waals surface area (Å²) >= 11 is 0. The number of carbonyl (C=O) groups is 1. The van der Waals surface area contributed by atoms with Crippen molar-refractivity contribution in [3.8, 4) is 0 Å². The molecule has 3 fully saturated rings. The summed E-state index contributed by atoms with van der Waals surface area (Å²) in [6.45, 7) is 3.36. The molecule has 2 nitrogen and oxygen atoms in total. The van der Waals surface area contributed by atoms with E-state index in [1.54, 1.807) is 0 Å². The van der Waals surface area contributed by atoms with Gasteiger partial charge < -0.3 is 4.90 Å². The summed E-state index contributed by atoms with van der Waals surface area (Å²) in [6, 6.07) is 0. The predicted octanol–water partition coefficient (Wildman–Crippen LogP) is 1.70. The molecule has 3 aliphatic rings. The third-order valence-electron chi connectivity index (χ3n) is 4.11. The fourth-order valence-corrected chi connectivity index (χ4v) is 2.90. The van der Waals surface area contributed by atoms with Crippen LogP contribution in [0.5, 0.6) is 0 Å². The van der Waals surface area contributed by atoms with Crippen LogP contribution in [0.2, 0.25) is 0 Å². The first-order valence-electron chi connectivity index (χ1n) is 6.07. The van der Waals surface area contributed by atoms with Crippen LogP contribution in [0.3, 0.4) is 0 Å². The van der Waals surface area contributed by atoms with Crippen LogP contribution in [0.15, 0.2) is 0 Å². The molecule has 0 aromatic carbocycles. The average molecular weight is 193 g/mol. The van der Waals surface area contributed by atoms with E-state index in [1.165, 1.54) is 25.8 Å². The summed E-state index contributed by atoms with van der Waals surface area (Å²) in [5.74, 6) is 3.64. The van der Waals surface area contributed by atoms with Crippen molar-refractivity contribution < 1.29 is 4.79 Å². The van der Waals surface area contributed by atoms with Gasteiger partial charge in [-0.1, -0.05) is 0 Å². The van der Waals surface area contributed by atoms with Crippen molar-refractivity contribution in [2.24, 2.45) is 17.8 Å². The maximum atomic E-state index is 11.1. The minimum absolute atomic E-state index is 0.468. The van der Waals surface area contributed by atoms with Crippen LogP contribution in [0, 0.1) is 17.8 Å². The number of nitrogens with zero attached hydrogens (tertiary/aromatic N) is 1. The van der Waals surface area contributed by atoms with Gasteiger partial charge in [-0.3, -0.25) is 4.79 Å². The van der Waals surface area contributed by atoms with E-state index in [2.05, 4.69) is 4.90 Å². The molecule has 0 amide bonds. The number of rotatable bonds is 3. The Morgan fingerprint density at radius 1 is 1.21 bits per heavy atom. The monoisotopic (exact) mass is 193 g/mol. The lowest BCUT2D eigenvalue weighted by Gasteiger charge is -2.25. The van der Waals surface area contributed by atoms with Crippen LogP contribution in [0.25, 0.3) is 0 Å². The molecule has 2 aliphatic carbocycles. The molecule has 0 spiro atoms. The Morgan fingerprint density at radius 2 is 1.93 bits per heavy atom. The molecular weight excluding hydrogens is 174 g/mol. The van der Waals surface area contributed by atoms with Crippen molar-refractivity contribution in [3.05, 3.63) is 0 Å². The van der Waals surface area contributed by atoms with E-state index < -0.39 is 0 Å². The van der Waals surface area contributed by atoms with E-state index in [-0.39, 0.29) is 0 Å². The average Bonchev–Trinajstić information content (AvgIpc) is 2.99. The maximum Gasteiger partial charge on any atom is 0.135 e. The first kappa shape index (κ1) is 8.90. The first-order chi connectivity index (χ1) is 6.83. The summed E-state index contributed by atoms with van der Waals surface area (Å²) in [4.78, 5) is 13.6. The number of hydrogen-bond donors (Lipinski definition) is 0. The Hall–Kier alpha value is -0.370. The number of likely N-dealkylation sites (tertiary alicyclic amines) is 1. The van der Waals surface area contributed by atoms with Gasteiger partial charge in [0.05, 0.1) is 0 Å². The van der Waals surface area contributed by atoms with Crippen molar-refractivity contribution in [2.75, 3.05) is 19.6 Å². The van der Waals surface area contributed by atoms with Gasteiger partial charge in [0.2, 0.25) is 0 Å². The Labute approximate surface area is 85.7 Å². The summed E-state index contributed by atoms with van der Waals surface area (Å²) in [6.07, 6.45) is 6.09. The molecule has 78 valence electrons. The second-order valence-electron chi connectivity index (χ2n) is 5.34. The number of hydrogen-bond acceptors (Lipinski definition) is 2. The van der Waals surface area contributed by atoms with E-state index in [4.69, 9.17) is 0 Å². The van der Waals surface area contributed by atoms with Gasteiger partial charge in [-0.2, -0.15) is 0 Å². The summed E-state index contributed by atoms with van der Waals surface area (Å²) in [5.41, 5.74) is 0. The molecule has 0 N–H and O–H groups in total. The molecule has 2 heteroatoms. The fraction of sp³-hybridized carbons (Fsp3) is 0.917. The Bertz CT molecular complexity index is 237. The van der Waals surface area contributed by atoms with Crippen LogP contribution in [0.4, 0.5) is 0 Å². The van der Waals surface area contributed by atoms with Gasteiger partial charge in [-0.05, 0) is 37.0 Å². The number of ketones is 1. The Morgan fingerprint density at radius 3 is 2.57 bits per heavy atom. The van der Waals surface area contributed by atoms with Gasteiger partial charge in [0.15, 0.2) is 0 Å². The van der Waals surface area contributed by atoms with Gasteiger partial charge in [-0.25, -0.2) is 0 Å². The van der Waals surface area contributed by atoms with E-state index in [1.807, 2.05) is 0 Å². The van der Waals surface area contributed by atoms with Gasteiger partial charge in [0.25, 0.3) is 0 Å². The van der Waals surface area contributed by atoms with Crippen molar-refractivity contribution in [2.45, 2.75) is 32.1 Å². The van der Waals surface area contributed by atoms with Crippen LogP contribution in [-0.2, 0) is 4.79 Å². The van der Waals surface area contributed by atoms with Crippen LogP contribution < -0.4 is 0 Å². The smallest absolute Gasteiger partial charge is 0.135 e. The highest BCUT2D eigenvalue weighted by atomic mass is 16.1. The molecule has 1 aliphatic heterocycles. The standard InChI is InChI=1S/C12H19NO/c14-11-3-5-13(6-4-11)8-10-7-12(10)9-1-2-9/h9-10,12H,1-8H2. The largest absolute Gasteiger partial charge is 0.302 e.